The largest absolute Gasteiger partial charge is 0.361 e. The molecule has 1 saturated heterocycles. The minimum absolute atomic E-state index is 0.468. The molecular weight excluding hydrogens is 266 g/mol. The van der Waals surface area contributed by atoms with Crippen molar-refractivity contribution in [3.05, 3.63) is 35.5 Å². The molecule has 1 fully saturated rings. The van der Waals surface area contributed by atoms with Crippen LogP contribution in [-0.2, 0) is 0 Å². The molecule has 0 atom stereocenters. The zero-order chi connectivity index (χ0) is 14.8. The fourth-order valence-electron chi connectivity index (χ4n) is 3.25. The summed E-state index contributed by atoms with van der Waals surface area (Å²) in [6.45, 7) is 5.57. The van der Waals surface area contributed by atoms with Crippen LogP contribution in [0.25, 0.3) is 10.9 Å². The third kappa shape index (κ3) is 2.66. The van der Waals surface area contributed by atoms with Crippen molar-refractivity contribution in [3.8, 4) is 0 Å². The smallest absolute Gasteiger partial charge is 0.274 e. The summed E-state index contributed by atoms with van der Waals surface area (Å²) in [5, 5.41) is 9.86. The molecule has 2 heterocycles. The number of hydrogen-bond donors (Lipinski definition) is 3. The summed E-state index contributed by atoms with van der Waals surface area (Å²) in [5.41, 5.74) is 4.50. The molecule has 0 radical (unpaired) electrons. The van der Waals surface area contributed by atoms with Gasteiger partial charge in [0.25, 0.3) is 5.91 Å². The van der Waals surface area contributed by atoms with E-state index in [1.807, 2.05) is 12.1 Å². The van der Waals surface area contributed by atoms with Gasteiger partial charge in [-0.3, -0.25) is 10.0 Å². The minimum Gasteiger partial charge on any atom is -0.361 e. The summed E-state index contributed by atoms with van der Waals surface area (Å²) >= 11 is 0. The molecule has 3 N–H and O–H groups in total. The van der Waals surface area contributed by atoms with Crippen molar-refractivity contribution in [2.24, 2.45) is 0 Å². The predicted octanol–water partition coefficient (Wildman–Crippen LogP) is 2.49. The zero-order valence-electron chi connectivity index (χ0n) is 12.2. The number of aromatic nitrogens is 1. The van der Waals surface area contributed by atoms with E-state index in [0.29, 0.717) is 11.5 Å². The number of fused-ring (bicyclic) bond motifs is 1. The summed E-state index contributed by atoms with van der Waals surface area (Å²) in [4.78, 5) is 17.3. The molecular formula is C16H21N3O2. The van der Waals surface area contributed by atoms with Crippen LogP contribution < -0.4 is 5.48 Å². The SMILES string of the molecule is CCN1CCC(c2c[nH]c3ccc(C(=O)NO)cc23)CC1. The maximum atomic E-state index is 11.6. The maximum Gasteiger partial charge on any atom is 0.274 e. The highest BCUT2D eigenvalue weighted by atomic mass is 16.5. The molecule has 112 valence electrons. The number of hydrogen-bond acceptors (Lipinski definition) is 3. The van der Waals surface area contributed by atoms with Gasteiger partial charge in [0.2, 0.25) is 0 Å². The maximum absolute atomic E-state index is 11.6. The van der Waals surface area contributed by atoms with E-state index in [-0.39, 0.29) is 0 Å². The Hall–Kier alpha value is -1.85. The predicted molar refractivity (Wildman–Crippen MR) is 81.6 cm³/mol. The summed E-state index contributed by atoms with van der Waals surface area (Å²) in [6.07, 6.45) is 4.37. The van der Waals surface area contributed by atoms with E-state index < -0.39 is 5.91 Å². The van der Waals surface area contributed by atoms with Crippen LogP contribution in [0.2, 0.25) is 0 Å². The standard InChI is InChI=1S/C16H21N3O2/c1-2-19-7-5-11(6-8-19)14-10-17-15-4-3-12(9-13(14)15)16(20)18-21/h3-4,9-11,17,21H,2,5-8H2,1H3,(H,18,20). The van der Waals surface area contributed by atoms with Gasteiger partial charge in [0.1, 0.15) is 0 Å². The molecule has 1 aliphatic rings. The number of benzene rings is 1. The van der Waals surface area contributed by atoms with E-state index in [9.17, 15) is 4.79 Å². The summed E-state index contributed by atoms with van der Waals surface area (Å²) < 4.78 is 0. The molecule has 21 heavy (non-hydrogen) atoms. The lowest BCUT2D eigenvalue weighted by Crippen LogP contribution is -2.32. The van der Waals surface area contributed by atoms with Gasteiger partial charge in [0.05, 0.1) is 0 Å². The quantitative estimate of drug-likeness (QED) is 0.600. The number of nitrogens with one attached hydrogen (secondary N) is 2. The number of carbonyl (C=O) groups excluding carboxylic acids is 1. The van der Waals surface area contributed by atoms with E-state index in [1.54, 1.807) is 11.5 Å². The van der Waals surface area contributed by atoms with Gasteiger partial charge in [-0.15, -0.1) is 0 Å². The summed E-state index contributed by atoms with van der Waals surface area (Å²) in [7, 11) is 0. The van der Waals surface area contributed by atoms with E-state index in [0.717, 1.165) is 43.4 Å². The molecule has 3 rings (SSSR count). The van der Waals surface area contributed by atoms with Gasteiger partial charge >= 0.3 is 0 Å². The van der Waals surface area contributed by atoms with Crippen LogP contribution in [0.5, 0.6) is 0 Å². The van der Waals surface area contributed by atoms with Gasteiger partial charge < -0.3 is 9.88 Å². The fraction of sp³-hybridized carbons (Fsp3) is 0.438. The number of nitrogens with zero attached hydrogens (tertiary/aromatic N) is 1. The van der Waals surface area contributed by atoms with Crippen molar-refractivity contribution in [1.29, 1.82) is 0 Å². The average Bonchev–Trinajstić information content (AvgIpc) is 2.97. The number of H-pyrrole nitrogens is 1. The fourth-order valence-corrected chi connectivity index (χ4v) is 3.25. The lowest BCUT2D eigenvalue weighted by atomic mass is 9.89. The number of carbonyl (C=O) groups is 1. The van der Waals surface area contributed by atoms with Crippen LogP contribution in [0.1, 0.15) is 41.6 Å². The van der Waals surface area contributed by atoms with E-state index in [2.05, 4.69) is 23.0 Å². The van der Waals surface area contributed by atoms with Crippen molar-refractivity contribution in [1.82, 2.24) is 15.4 Å². The summed E-state index contributed by atoms with van der Waals surface area (Å²) in [6, 6.07) is 5.47. The molecule has 0 unspecified atom stereocenters. The van der Waals surface area contributed by atoms with Crippen LogP contribution in [0.15, 0.2) is 24.4 Å². The van der Waals surface area contributed by atoms with Crippen molar-refractivity contribution in [2.75, 3.05) is 19.6 Å². The Balaban J connectivity index is 1.90. The molecule has 0 saturated carbocycles. The van der Waals surface area contributed by atoms with Crippen molar-refractivity contribution < 1.29 is 10.0 Å². The van der Waals surface area contributed by atoms with Crippen molar-refractivity contribution in [2.45, 2.75) is 25.7 Å². The highest BCUT2D eigenvalue weighted by Gasteiger charge is 2.22. The van der Waals surface area contributed by atoms with Gasteiger partial charge in [-0.05, 0) is 62.2 Å². The third-order valence-corrected chi connectivity index (χ3v) is 4.55. The normalized spacial score (nSPS) is 17.2. The van der Waals surface area contributed by atoms with Crippen molar-refractivity contribution in [3.63, 3.8) is 0 Å². The Labute approximate surface area is 123 Å². The van der Waals surface area contributed by atoms with Crippen LogP contribution in [0.4, 0.5) is 0 Å². The Bertz CT molecular complexity index is 642. The number of aromatic amines is 1. The van der Waals surface area contributed by atoms with Crippen LogP contribution >= 0.6 is 0 Å². The number of rotatable bonds is 3. The zero-order valence-corrected chi connectivity index (χ0v) is 12.2. The third-order valence-electron chi connectivity index (χ3n) is 4.55. The lowest BCUT2D eigenvalue weighted by Gasteiger charge is -2.30. The van der Waals surface area contributed by atoms with Gasteiger partial charge in [-0.1, -0.05) is 6.92 Å². The first kappa shape index (κ1) is 14.1. The first-order valence-electron chi connectivity index (χ1n) is 7.50. The van der Waals surface area contributed by atoms with Crippen LogP contribution in [0, 0.1) is 0 Å². The number of likely N-dealkylation sites (tertiary alicyclic amines) is 1. The number of piperidine rings is 1. The minimum atomic E-state index is -0.468. The Kier molecular flexibility index (Phi) is 3.94. The molecule has 0 spiro atoms. The first-order chi connectivity index (χ1) is 10.2. The van der Waals surface area contributed by atoms with Crippen LogP contribution in [0.3, 0.4) is 0 Å². The monoisotopic (exact) mass is 287 g/mol. The molecule has 1 aromatic heterocycles. The van der Waals surface area contributed by atoms with Gasteiger partial charge in [-0.25, -0.2) is 5.48 Å². The molecule has 2 aromatic rings. The van der Waals surface area contributed by atoms with Gasteiger partial charge in [0.15, 0.2) is 0 Å². The number of hydroxylamine groups is 1. The van der Waals surface area contributed by atoms with E-state index >= 15 is 0 Å². The molecule has 0 aliphatic carbocycles. The molecule has 0 bridgehead atoms. The Morgan fingerprint density at radius 3 is 2.86 bits per heavy atom. The topological polar surface area (TPSA) is 68.4 Å². The second kappa shape index (κ2) is 5.87. The average molecular weight is 287 g/mol. The highest BCUT2D eigenvalue weighted by Crippen LogP contribution is 2.33. The van der Waals surface area contributed by atoms with Gasteiger partial charge in [-0.2, -0.15) is 0 Å². The second-order valence-electron chi connectivity index (χ2n) is 5.65. The molecule has 1 amide bonds. The molecule has 5 nitrogen and oxygen atoms in total. The Morgan fingerprint density at radius 2 is 2.19 bits per heavy atom. The van der Waals surface area contributed by atoms with E-state index in [1.165, 1.54) is 5.56 Å². The Morgan fingerprint density at radius 1 is 1.43 bits per heavy atom. The summed E-state index contributed by atoms with van der Waals surface area (Å²) in [5.74, 6) is 0.0684. The van der Waals surface area contributed by atoms with Crippen molar-refractivity contribution >= 4 is 16.8 Å². The van der Waals surface area contributed by atoms with Crippen LogP contribution in [-0.4, -0.2) is 40.6 Å². The molecule has 5 heteroatoms. The van der Waals surface area contributed by atoms with Gasteiger partial charge in [0, 0.05) is 22.7 Å². The number of amides is 1. The molecule has 1 aliphatic heterocycles. The first-order valence-corrected chi connectivity index (χ1v) is 7.50. The second-order valence-corrected chi connectivity index (χ2v) is 5.65. The van der Waals surface area contributed by atoms with E-state index in [4.69, 9.17) is 5.21 Å². The highest BCUT2D eigenvalue weighted by molar-refractivity contribution is 5.98. The molecule has 1 aromatic carbocycles. The lowest BCUT2D eigenvalue weighted by molar-refractivity contribution is 0.0706.